The molecule has 2 heterocycles. The van der Waals surface area contributed by atoms with Crippen LogP contribution in [0.4, 0.5) is 5.69 Å². The Morgan fingerprint density at radius 1 is 1.10 bits per heavy atom. The summed E-state index contributed by atoms with van der Waals surface area (Å²) in [7, 11) is 0. The molecule has 0 radical (unpaired) electrons. The molecule has 0 unspecified atom stereocenters. The van der Waals surface area contributed by atoms with Gasteiger partial charge in [0, 0.05) is 30.9 Å². The topological polar surface area (TPSA) is 55.8 Å². The number of likely N-dealkylation sites (tertiary alicyclic amines) is 2. The first-order valence-electron chi connectivity index (χ1n) is 11.6. The summed E-state index contributed by atoms with van der Waals surface area (Å²) >= 11 is 0. The number of nitrogens with zero attached hydrogens (tertiary/aromatic N) is 2. The number of hydrogen-bond donors (Lipinski definition) is 2. The van der Waals surface area contributed by atoms with E-state index >= 15 is 0 Å². The summed E-state index contributed by atoms with van der Waals surface area (Å²) in [6.07, 6.45) is 2.61. The first-order chi connectivity index (χ1) is 15.0. The highest BCUT2D eigenvalue weighted by Crippen LogP contribution is 2.39. The summed E-state index contributed by atoms with van der Waals surface area (Å²) < 4.78 is 0. The average Bonchev–Trinajstić information content (AvgIpc) is 3.15. The molecule has 0 bridgehead atoms. The van der Waals surface area contributed by atoms with Crippen molar-refractivity contribution in [2.75, 3.05) is 31.5 Å². The van der Waals surface area contributed by atoms with Gasteiger partial charge in [0.1, 0.15) is 0 Å². The number of amides is 1. The van der Waals surface area contributed by atoms with Gasteiger partial charge in [0.15, 0.2) is 0 Å². The predicted octanol–water partition coefficient (Wildman–Crippen LogP) is 3.85. The smallest absolute Gasteiger partial charge is 0.238 e. The second-order valence-electron chi connectivity index (χ2n) is 9.44. The van der Waals surface area contributed by atoms with Crippen molar-refractivity contribution in [2.24, 2.45) is 0 Å². The van der Waals surface area contributed by atoms with E-state index in [0.29, 0.717) is 19.0 Å². The van der Waals surface area contributed by atoms with Crippen LogP contribution < -0.4 is 5.32 Å². The maximum Gasteiger partial charge on any atom is 0.238 e. The lowest BCUT2D eigenvalue weighted by atomic mass is 9.82. The summed E-state index contributed by atoms with van der Waals surface area (Å²) in [6.45, 7) is 7.93. The fourth-order valence-electron chi connectivity index (χ4n) is 5.18. The van der Waals surface area contributed by atoms with Gasteiger partial charge in [-0.3, -0.25) is 14.6 Å². The van der Waals surface area contributed by atoms with E-state index in [4.69, 9.17) is 0 Å². The number of rotatable bonds is 6. The first kappa shape index (κ1) is 22.0. The number of piperidine rings is 1. The van der Waals surface area contributed by atoms with Gasteiger partial charge < -0.3 is 10.4 Å². The number of anilines is 1. The van der Waals surface area contributed by atoms with E-state index in [1.807, 2.05) is 18.2 Å². The zero-order chi connectivity index (χ0) is 21.8. The van der Waals surface area contributed by atoms with Crippen LogP contribution in [0.25, 0.3) is 0 Å². The van der Waals surface area contributed by atoms with E-state index in [1.54, 1.807) is 0 Å². The normalized spacial score (nSPS) is 24.7. The molecule has 2 aliphatic heterocycles. The molecule has 0 aromatic heterocycles. The monoisotopic (exact) mass is 421 g/mol. The van der Waals surface area contributed by atoms with Gasteiger partial charge in [0.2, 0.25) is 5.91 Å². The van der Waals surface area contributed by atoms with E-state index in [2.05, 4.69) is 65.4 Å². The maximum atomic E-state index is 12.6. The van der Waals surface area contributed by atoms with Gasteiger partial charge in [-0.15, -0.1) is 0 Å². The van der Waals surface area contributed by atoms with E-state index in [9.17, 15) is 9.90 Å². The minimum Gasteiger partial charge on any atom is -0.390 e. The number of β-amino-alcohol motifs (C(OH)–C–C–N with tert-alkyl or cyclic N) is 1. The van der Waals surface area contributed by atoms with Crippen molar-refractivity contribution in [3.05, 3.63) is 65.7 Å². The largest absolute Gasteiger partial charge is 0.390 e. The van der Waals surface area contributed by atoms with Crippen LogP contribution in [0.5, 0.6) is 0 Å². The van der Waals surface area contributed by atoms with E-state index in [1.165, 1.54) is 11.1 Å². The molecule has 2 aromatic carbocycles. The van der Waals surface area contributed by atoms with Gasteiger partial charge in [-0.2, -0.15) is 0 Å². The zero-order valence-corrected chi connectivity index (χ0v) is 18.8. The Bertz CT molecular complexity index is 868. The summed E-state index contributed by atoms with van der Waals surface area (Å²) in [5.74, 6) is 0.456. The molecule has 0 aliphatic carbocycles. The highest BCUT2D eigenvalue weighted by atomic mass is 16.3. The fraction of sp³-hybridized carbons (Fsp3) is 0.500. The Balaban J connectivity index is 1.32. The van der Waals surface area contributed by atoms with Crippen molar-refractivity contribution in [1.29, 1.82) is 0 Å². The zero-order valence-electron chi connectivity index (χ0n) is 18.8. The lowest BCUT2D eigenvalue weighted by Crippen LogP contribution is -2.61. The molecule has 0 saturated carbocycles. The third-order valence-corrected chi connectivity index (χ3v) is 7.02. The van der Waals surface area contributed by atoms with Crippen molar-refractivity contribution >= 4 is 11.6 Å². The van der Waals surface area contributed by atoms with Crippen LogP contribution in [0.1, 0.15) is 50.2 Å². The highest BCUT2D eigenvalue weighted by Gasteiger charge is 2.49. The second kappa shape index (κ2) is 9.51. The number of nitrogens with one attached hydrogen (secondary N) is 1. The maximum absolute atomic E-state index is 12.6. The van der Waals surface area contributed by atoms with Crippen molar-refractivity contribution in [1.82, 2.24) is 9.80 Å². The van der Waals surface area contributed by atoms with Gasteiger partial charge in [0.05, 0.1) is 12.6 Å². The molecule has 2 atom stereocenters. The fourth-order valence-corrected chi connectivity index (χ4v) is 5.18. The molecule has 31 heavy (non-hydrogen) atoms. The lowest BCUT2D eigenvalue weighted by molar-refractivity contribution is -0.120. The van der Waals surface area contributed by atoms with Crippen LogP contribution in [0.3, 0.4) is 0 Å². The third-order valence-electron chi connectivity index (χ3n) is 7.02. The third kappa shape index (κ3) is 5.00. The van der Waals surface area contributed by atoms with Crippen LogP contribution in [0.2, 0.25) is 0 Å². The first-order valence-corrected chi connectivity index (χ1v) is 11.6. The number of hydrogen-bond acceptors (Lipinski definition) is 4. The van der Waals surface area contributed by atoms with Crippen LogP contribution in [-0.4, -0.2) is 58.6 Å². The minimum absolute atomic E-state index is 0.0204. The summed E-state index contributed by atoms with van der Waals surface area (Å²) in [5.41, 5.74) is 3.23. The van der Waals surface area contributed by atoms with Crippen LogP contribution in [0.15, 0.2) is 54.6 Å². The van der Waals surface area contributed by atoms with Gasteiger partial charge in [-0.05, 0) is 55.0 Å². The molecular formula is C26H35N3O2. The molecule has 2 fully saturated rings. The van der Waals surface area contributed by atoms with Crippen molar-refractivity contribution in [2.45, 2.75) is 57.2 Å². The van der Waals surface area contributed by atoms with Gasteiger partial charge in [-0.25, -0.2) is 0 Å². The Morgan fingerprint density at radius 3 is 2.52 bits per heavy atom. The number of carbonyl (C=O) groups excluding carboxylic acids is 1. The number of carbonyl (C=O) groups is 1. The molecule has 1 amide bonds. The SMILES string of the molecule is CC(C)c1ccc(NC(=O)CN2CC[C@@]3(CCCN3Cc3ccccc3)[C@@H](O)C2)cc1. The average molecular weight is 422 g/mol. The molecule has 2 aromatic rings. The molecule has 5 heteroatoms. The van der Waals surface area contributed by atoms with Gasteiger partial charge >= 0.3 is 0 Å². The molecule has 5 nitrogen and oxygen atoms in total. The van der Waals surface area contributed by atoms with Crippen LogP contribution in [-0.2, 0) is 11.3 Å². The predicted molar refractivity (Wildman–Crippen MR) is 125 cm³/mol. The van der Waals surface area contributed by atoms with Crippen LogP contribution >= 0.6 is 0 Å². The standard InChI is InChI=1S/C26H35N3O2/c1-20(2)22-9-11-23(12-10-22)27-25(31)19-28-16-14-26(24(30)18-28)13-6-15-29(26)17-21-7-4-3-5-8-21/h3-5,7-12,20,24,30H,6,13-19H2,1-2H3,(H,27,31)/t24-,26-/m0/s1. The molecule has 166 valence electrons. The molecule has 4 rings (SSSR count). The highest BCUT2D eigenvalue weighted by molar-refractivity contribution is 5.92. The summed E-state index contributed by atoms with van der Waals surface area (Å²) in [4.78, 5) is 17.1. The van der Waals surface area contributed by atoms with Crippen molar-refractivity contribution in [3.8, 4) is 0 Å². The number of aliphatic hydroxyl groups excluding tert-OH is 1. The number of aliphatic hydroxyl groups is 1. The Labute approximate surface area is 186 Å². The quantitative estimate of drug-likeness (QED) is 0.744. The van der Waals surface area contributed by atoms with Crippen molar-refractivity contribution < 1.29 is 9.90 Å². The Morgan fingerprint density at radius 2 is 1.84 bits per heavy atom. The molecule has 1 spiro atoms. The summed E-state index contributed by atoms with van der Waals surface area (Å²) in [5, 5.41) is 14.1. The lowest BCUT2D eigenvalue weighted by Gasteiger charge is -2.48. The van der Waals surface area contributed by atoms with Crippen LogP contribution in [0, 0.1) is 0 Å². The van der Waals surface area contributed by atoms with Gasteiger partial charge in [0.25, 0.3) is 0 Å². The van der Waals surface area contributed by atoms with Gasteiger partial charge in [-0.1, -0.05) is 56.3 Å². The molecule has 2 N–H and O–H groups in total. The molecule has 2 aliphatic rings. The Kier molecular flexibility index (Phi) is 6.75. The molecular weight excluding hydrogens is 386 g/mol. The second-order valence-corrected chi connectivity index (χ2v) is 9.44. The Hall–Kier alpha value is -2.21. The summed E-state index contributed by atoms with van der Waals surface area (Å²) in [6, 6.07) is 18.6. The van der Waals surface area contributed by atoms with Crippen molar-refractivity contribution in [3.63, 3.8) is 0 Å². The number of benzene rings is 2. The van der Waals surface area contributed by atoms with E-state index < -0.39 is 6.10 Å². The minimum atomic E-state index is -0.439. The molecule has 2 saturated heterocycles. The van der Waals surface area contributed by atoms with E-state index in [-0.39, 0.29) is 11.4 Å². The van der Waals surface area contributed by atoms with E-state index in [0.717, 1.165) is 44.6 Å².